The molecule has 0 radical (unpaired) electrons. The Balaban J connectivity index is 1.74. The Morgan fingerprint density at radius 1 is 1.24 bits per heavy atom. The maximum absolute atomic E-state index is 12.4. The molecule has 0 aliphatic carbocycles. The smallest absolute Gasteiger partial charge is 0.261 e. The zero-order chi connectivity index (χ0) is 18.0. The Bertz CT molecular complexity index is 966. The number of para-hydroxylation sites is 1. The Morgan fingerprint density at radius 2 is 2.00 bits per heavy atom. The van der Waals surface area contributed by atoms with Gasteiger partial charge in [-0.15, -0.1) is 0 Å². The summed E-state index contributed by atoms with van der Waals surface area (Å²) in [6, 6.07) is 11.2. The molecule has 0 bridgehead atoms. The van der Waals surface area contributed by atoms with Gasteiger partial charge in [0.05, 0.1) is 22.9 Å². The van der Waals surface area contributed by atoms with Gasteiger partial charge >= 0.3 is 0 Å². The number of rotatable bonds is 3. The lowest BCUT2D eigenvalue weighted by molar-refractivity contribution is 0.0975. The molecular weight excluding hydrogens is 354 g/mol. The van der Waals surface area contributed by atoms with Gasteiger partial charge in [0.1, 0.15) is 5.75 Å². The summed E-state index contributed by atoms with van der Waals surface area (Å²) in [6.07, 6.45) is 0. The number of ether oxygens (including phenoxy) is 1. The van der Waals surface area contributed by atoms with Gasteiger partial charge < -0.3 is 10.1 Å². The van der Waals surface area contributed by atoms with Crippen molar-refractivity contribution in [2.75, 3.05) is 12.4 Å². The van der Waals surface area contributed by atoms with E-state index in [0.717, 1.165) is 15.8 Å². The molecule has 1 heterocycles. The molecule has 2 aromatic carbocycles. The van der Waals surface area contributed by atoms with Crippen molar-refractivity contribution in [3.63, 3.8) is 0 Å². The highest BCUT2D eigenvalue weighted by Gasteiger charge is 2.14. The van der Waals surface area contributed by atoms with Crippen LogP contribution in [-0.2, 0) is 0 Å². The minimum absolute atomic E-state index is 0.198. The number of carbonyl (C=O) groups excluding carboxylic acids is 1. The average Bonchev–Trinajstić information content (AvgIpc) is 2.97. The molecule has 0 saturated carbocycles. The van der Waals surface area contributed by atoms with Crippen LogP contribution in [0.25, 0.3) is 10.2 Å². The lowest BCUT2D eigenvalue weighted by Gasteiger charge is -2.09. The quantitative estimate of drug-likeness (QED) is 0.680. The van der Waals surface area contributed by atoms with Gasteiger partial charge in [-0.25, -0.2) is 4.98 Å². The van der Waals surface area contributed by atoms with E-state index in [1.807, 2.05) is 6.92 Å². The molecule has 128 valence electrons. The number of carbonyl (C=O) groups is 1. The summed E-state index contributed by atoms with van der Waals surface area (Å²) >= 11 is 6.74. The summed E-state index contributed by atoms with van der Waals surface area (Å²) in [5, 5.41) is 6.49. The fourth-order valence-corrected chi connectivity index (χ4v) is 3.86. The van der Waals surface area contributed by atoms with Crippen LogP contribution < -0.4 is 15.4 Å². The number of aromatic nitrogens is 1. The van der Waals surface area contributed by atoms with E-state index in [9.17, 15) is 4.79 Å². The molecule has 1 amide bonds. The first kappa shape index (κ1) is 17.3. The van der Waals surface area contributed by atoms with Crippen LogP contribution in [0.2, 0.25) is 0 Å². The number of anilines is 1. The molecule has 0 aliphatic heterocycles. The summed E-state index contributed by atoms with van der Waals surface area (Å²) in [7, 11) is 1.52. The van der Waals surface area contributed by atoms with Crippen LogP contribution in [-0.4, -0.2) is 23.1 Å². The van der Waals surface area contributed by atoms with E-state index in [4.69, 9.17) is 17.0 Å². The summed E-state index contributed by atoms with van der Waals surface area (Å²) < 4.78 is 6.28. The van der Waals surface area contributed by atoms with Gasteiger partial charge in [-0.1, -0.05) is 29.5 Å². The third-order valence-corrected chi connectivity index (χ3v) is 4.75. The second kappa shape index (κ2) is 7.16. The van der Waals surface area contributed by atoms with Gasteiger partial charge in [0, 0.05) is 0 Å². The molecule has 0 unspecified atom stereocenters. The van der Waals surface area contributed by atoms with E-state index in [-0.39, 0.29) is 11.0 Å². The summed E-state index contributed by atoms with van der Waals surface area (Å²) in [6.45, 7) is 4.08. The van der Waals surface area contributed by atoms with Crippen molar-refractivity contribution in [1.82, 2.24) is 10.3 Å². The zero-order valence-corrected chi connectivity index (χ0v) is 15.7. The third-order valence-electron chi connectivity index (χ3n) is 3.63. The second-order valence-electron chi connectivity index (χ2n) is 5.56. The summed E-state index contributed by atoms with van der Waals surface area (Å²) in [5.74, 6) is 0.164. The maximum atomic E-state index is 12.4. The van der Waals surface area contributed by atoms with Crippen molar-refractivity contribution in [3.05, 3.63) is 53.1 Å². The molecule has 25 heavy (non-hydrogen) atoms. The van der Waals surface area contributed by atoms with Gasteiger partial charge in [0.25, 0.3) is 5.91 Å². The van der Waals surface area contributed by atoms with Crippen LogP contribution in [0.3, 0.4) is 0 Å². The maximum Gasteiger partial charge on any atom is 0.261 e. The molecule has 0 spiro atoms. The van der Waals surface area contributed by atoms with E-state index < -0.39 is 0 Å². The van der Waals surface area contributed by atoms with Crippen LogP contribution in [0.1, 0.15) is 21.5 Å². The van der Waals surface area contributed by atoms with Crippen molar-refractivity contribution in [1.29, 1.82) is 0 Å². The summed E-state index contributed by atoms with van der Waals surface area (Å²) in [5.41, 5.74) is 3.66. The first-order chi connectivity index (χ1) is 12.0. The number of nitrogens with one attached hydrogen (secondary N) is 2. The van der Waals surface area contributed by atoms with Crippen molar-refractivity contribution >= 4 is 49.9 Å². The Labute approximate surface area is 155 Å². The molecule has 0 aliphatic rings. The molecule has 7 heteroatoms. The van der Waals surface area contributed by atoms with Crippen LogP contribution in [0.5, 0.6) is 5.75 Å². The number of methoxy groups -OCH3 is 1. The van der Waals surface area contributed by atoms with Crippen molar-refractivity contribution < 1.29 is 9.53 Å². The van der Waals surface area contributed by atoms with Crippen LogP contribution in [0.15, 0.2) is 36.4 Å². The Kier molecular flexibility index (Phi) is 4.96. The molecule has 0 fully saturated rings. The van der Waals surface area contributed by atoms with Gasteiger partial charge in [-0.2, -0.15) is 0 Å². The monoisotopic (exact) mass is 371 g/mol. The van der Waals surface area contributed by atoms with E-state index in [2.05, 4.69) is 34.7 Å². The molecular formula is C18H17N3O2S2. The second-order valence-corrected chi connectivity index (χ2v) is 7.00. The van der Waals surface area contributed by atoms with Crippen molar-refractivity contribution in [2.45, 2.75) is 13.8 Å². The average molecular weight is 371 g/mol. The topological polar surface area (TPSA) is 63.2 Å². The molecule has 3 aromatic rings. The lowest BCUT2D eigenvalue weighted by Crippen LogP contribution is -2.34. The van der Waals surface area contributed by atoms with Gasteiger partial charge in [0.15, 0.2) is 10.2 Å². The number of hydrogen-bond donors (Lipinski definition) is 2. The molecule has 1 aromatic heterocycles. The first-order valence-electron chi connectivity index (χ1n) is 7.61. The third kappa shape index (κ3) is 3.78. The number of benzene rings is 2. The molecule has 5 nitrogen and oxygen atoms in total. The SMILES string of the molecule is COc1ccccc1C(=O)NC(=S)Nc1nc2c(C)cc(C)cc2s1. The standard InChI is InChI=1S/C18H17N3O2S2/c1-10-8-11(2)15-14(9-10)25-18(19-15)21-17(24)20-16(22)12-6-4-5-7-13(12)23-3/h4-9H,1-3H3,(H2,19,20,21,22,24). The van der Waals surface area contributed by atoms with Crippen molar-refractivity contribution in [3.8, 4) is 5.75 Å². The number of thiazole rings is 1. The number of fused-ring (bicyclic) bond motifs is 1. The summed E-state index contributed by atoms with van der Waals surface area (Å²) in [4.78, 5) is 16.9. The van der Waals surface area contributed by atoms with Crippen molar-refractivity contribution in [2.24, 2.45) is 0 Å². The fraction of sp³-hybridized carbons (Fsp3) is 0.167. The number of aryl methyl sites for hydroxylation is 2. The molecule has 0 atom stereocenters. The van der Waals surface area contributed by atoms with E-state index in [1.165, 1.54) is 24.0 Å². The van der Waals surface area contributed by atoms with Gasteiger partial charge in [-0.3, -0.25) is 10.1 Å². The number of nitrogens with zero attached hydrogens (tertiary/aromatic N) is 1. The predicted octanol–water partition coefficient (Wildman–Crippen LogP) is 4.05. The highest BCUT2D eigenvalue weighted by molar-refractivity contribution is 7.80. The molecule has 3 rings (SSSR count). The predicted molar refractivity (Wildman–Crippen MR) is 106 cm³/mol. The largest absolute Gasteiger partial charge is 0.496 e. The Hall–Kier alpha value is -2.51. The highest BCUT2D eigenvalue weighted by atomic mass is 32.1. The van der Waals surface area contributed by atoms with Crippen LogP contribution in [0, 0.1) is 13.8 Å². The van der Waals surface area contributed by atoms with E-state index >= 15 is 0 Å². The normalized spacial score (nSPS) is 10.5. The van der Waals surface area contributed by atoms with Gasteiger partial charge in [-0.05, 0) is 55.4 Å². The molecule has 2 N–H and O–H groups in total. The first-order valence-corrected chi connectivity index (χ1v) is 8.83. The van der Waals surface area contributed by atoms with E-state index in [1.54, 1.807) is 24.3 Å². The number of amides is 1. The van der Waals surface area contributed by atoms with Gasteiger partial charge in [0.2, 0.25) is 0 Å². The minimum atomic E-state index is -0.330. The molecule has 0 saturated heterocycles. The highest BCUT2D eigenvalue weighted by Crippen LogP contribution is 2.29. The minimum Gasteiger partial charge on any atom is -0.496 e. The van der Waals surface area contributed by atoms with Crippen LogP contribution in [0.4, 0.5) is 5.13 Å². The fourth-order valence-electron chi connectivity index (χ4n) is 2.56. The lowest BCUT2D eigenvalue weighted by atomic mass is 10.1. The Morgan fingerprint density at radius 3 is 2.76 bits per heavy atom. The number of hydrogen-bond acceptors (Lipinski definition) is 5. The number of thiocarbonyl (C=S) groups is 1. The van der Waals surface area contributed by atoms with Crippen LogP contribution >= 0.6 is 23.6 Å². The van der Waals surface area contributed by atoms with E-state index in [0.29, 0.717) is 16.4 Å². The zero-order valence-electron chi connectivity index (χ0n) is 14.0.